The van der Waals surface area contributed by atoms with Crippen LogP contribution in [0.25, 0.3) is 0 Å². The van der Waals surface area contributed by atoms with E-state index in [2.05, 4.69) is 5.32 Å². The summed E-state index contributed by atoms with van der Waals surface area (Å²) in [6.07, 6.45) is 0. The van der Waals surface area contributed by atoms with Gasteiger partial charge in [0.25, 0.3) is 0 Å². The highest BCUT2D eigenvalue weighted by molar-refractivity contribution is 6.39. The Hall–Kier alpha value is -1.89. The van der Waals surface area contributed by atoms with Gasteiger partial charge in [0.15, 0.2) is 6.61 Å². The van der Waals surface area contributed by atoms with Gasteiger partial charge in [-0.15, -0.1) is 0 Å². The molecule has 0 bridgehead atoms. The maximum Gasteiger partial charge on any atom is 0.174 e. The van der Waals surface area contributed by atoms with Crippen LogP contribution in [0.5, 0.6) is 5.75 Å². The van der Waals surface area contributed by atoms with E-state index in [-0.39, 0.29) is 12.6 Å². The minimum absolute atomic E-state index is 0.0346. The van der Waals surface area contributed by atoms with Crippen molar-refractivity contribution in [3.63, 3.8) is 0 Å². The van der Waals surface area contributed by atoms with Crippen LogP contribution in [0.3, 0.4) is 0 Å². The zero-order valence-electron chi connectivity index (χ0n) is 11.4. The molecule has 0 saturated heterocycles. The van der Waals surface area contributed by atoms with Gasteiger partial charge in [0.1, 0.15) is 11.8 Å². The Kier molecular flexibility index (Phi) is 5.32. The lowest BCUT2D eigenvalue weighted by Crippen LogP contribution is -2.07. The molecule has 21 heavy (non-hydrogen) atoms. The van der Waals surface area contributed by atoms with Gasteiger partial charge in [0, 0.05) is 6.04 Å². The number of benzene rings is 2. The van der Waals surface area contributed by atoms with Crippen LogP contribution in [0, 0.1) is 11.3 Å². The molecule has 0 heterocycles. The molecule has 1 unspecified atom stereocenters. The summed E-state index contributed by atoms with van der Waals surface area (Å²) in [5, 5.41) is 12.9. The number of anilines is 1. The average molecular weight is 321 g/mol. The molecular weight excluding hydrogens is 307 g/mol. The molecule has 1 N–H and O–H groups in total. The second kappa shape index (κ2) is 7.21. The van der Waals surface area contributed by atoms with Crippen molar-refractivity contribution in [1.82, 2.24) is 0 Å². The van der Waals surface area contributed by atoms with E-state index in [1.807, 2.05) is 43.3 Å². The third-order valence-corrected chi connectivity index (χ3v) is 3.64. The first-order valence-electron chi connectivity index (χ1n) is 6.42. The number of rotatable bonds is 5. The normalized spacial score (nSPS) is 11.5. The average Bonchev–Trinajstić information content (AvgIpc) is 2.49. The van der Waals surface area contributed by atoms with Gasteiger partial charge in [-0.05, 0) is 36.8 Å². The molecule has 5 heteroatoms. The quantitative estimate of drug-likeness (QED) is 0.836. The van der Waals surface area contributed by atoms with Gasteiger partial charge in [-0.25, -0.2) is 0 Å². The topological polar surface area (TPSA) is 45.0 Å². The lowest BCUT2D eigenvalue weighted by Gasteiger charge is -2.18. The SMILES string of the molecule is CC(Nc1c(Cl)cccc1Cl)c1ccc(OCC#N)cc1. The van der Waals surface area contributed by atoms with Crippen LogP contribution in [0.4, 0.5) is 5.69 Å². The van der Waals surface area contributed by atoms with E-state index >= 15 is 0 Å². The number of nitrogens with one attached hydrogen (secondary N) is 1. The molecule has 2 aromatic carbocycles. The second-order valence-corrected chi connectivity index (χ2v) is 5.29. The summed E-state index contributed by atoms with van der Waals surface area (Å²) in [5.41, 5.74) is 1.79. The van der Waals surface area contributed by atoms with Crippen LogP contribution < -0.4 is 10.1 Å². The lowest BCUT2D eigenvalue weighted by molar-refractivity contribution is 0.368. The Balaban J connectivity index is 2.10. The predicted molar refractivity (Wildman–Crippen MR) is 86.0 cm³/mol. The van der Waals surface area contributed by atoms with Gasteiger partial charge in [0.05, 0.1) is 15.7 Å². The van der Waals surface area contributed by atoms with E-state index < -0.39 is 0 Å². The predicted octanol–water partition coefficient (Wildman–Crippen LogP) is 5.07. The molecule has 2 aromatic rings. The number of para-hydroxylation sites is 1. The molecule has 0 aliphatic heterocycles. The van der Waals surface area contributed by atoms with Gasteiger partial charge in [-0.2, -0.15) is 5.26 Å². The van der Waals surface area contributed by atoms with E-state index in [0.29, 0.717) is 15.8 Å². The third kappa shape index (κ3) is 4.04. The van der Waals surface area contributed by atoms with Gasteiger partial charge >= 0.3 is 0 Å². The fourth-order valence-electron chi connectivity index (χ4n) is 1.90. The Bertz CT molecular complexity index is 630. The number of nitriles is 1. The molecular formula is C16H14Cl2N2O. The zero-order valence-corrected chi connectivity index (χ0v) is 12.9. The van der Waals surface area contributed by atoms with Crippen molar-refractivity contribution in [2.45, 2.75) is 13.0 Å². The molecule has 2 rings (SSSR count). The molecule has 1 atom stereocenters. The summed E-state index contributed by atoms with van der Waals surface area (Å²) in [6, 6.07) is 14.9. The summed E-state index contributed by atoms with van der Waals surface area (Å²) in [6.45, 7) is 2.06. The number of nitrogens with zero attached hydrogens (tertiary/aromatic N) is 1. The Morgan fingerprint density at radius 2 is 1.76 bits per heavy atom. The van der Waals surface area contributed by atoms with Crippen molar-refractivity contribution in [3.8, 4) is 11.8 Å². The summed E-state index contributed by atoms with van der Waals surface area (Å²) in [7, 11) is 0. The first kappa shape index (κ1) is 15.5. The van der Waals surface area contributed by atoms with Crippen LogP contribution >= 0.6 is 23.2 Å². The van der Waals surface area contributed by atoms with E-state index in [0.717, 1.165) is 11.3 Å². The molecule has 0 spiro atoms. The lowest BCUT2D eigenvalue weighted by atomic mass is 10.1. The summed E-state index contributed by atoms with van der Waals surface area (Å²) in [4.78, 5) is 0. The van der Waals surface area contributed by atoms with Gasteiger partial charge in [0.2, 0.25) is 0 Å². The van der Waals surface area contributed by atoms with Crippen LogP contribution in [-0.2, 0) is 0 Å². The number of halogens is 2. The molecule has 3 nitrogen and oxygen atoms in total. The van der Waals surface area contributed by atoms with Gasteiger partial charge < -0.3 is 10.1 Å². The van der Waals surface area contributed by atoms with Crippen LogP contribution in [0.15, 0.2) is 42.5 Å². The van der Waals surface area contributed by atoms with E-state index in [9.17, 15) is 0 Å². The highest BCUT2D eigenvalue weighted by Gasteiger charge is 2.10. The number of hydrogen-bond acceptors (Lipinski definition) is 3. The Morgan fingerprint density at radius 1 is 1.14 bits per heavy atom. The smallest absolute Gasteiger partial charge is 0.174 e. The van der Waals surface area contributed by atoms with Crippen molar-refractivity contribution < 1.29 is 4.74 Å². The number of hydrogen-bond donors (Lipinski definition) is 1. The molecule has 0 fully saturated rings. The van der Waals surface area contributed by atoms with Crippen molar-refractivity contribution in [3.05, 3.63) is 58.1 Å². The molecule has 0 saturated carbocycles. The van der Waals surface area contributed by atoms with Crippen LogP contribution in [0.2, 0.25) is 10.0 Å². The zero-order chi connectivity index (χ0) is 15.2. The van der Waals surface area contributed by atoms with E-state index in [1.54, 1.807) is 12.1 Å². The van der Waals surface area contributed by atoms with Crippen LogP contribution in [-0.4, -0.2) is 6.61 Å². The summed E-state index contributed by atoms with van der Waals surface area (Å²) in [5.74, 6) is 0.670. The molecule has 108 valence electrons. The molecule has 0 aromatic heterocycles. The van der Waals surface area contributed by atoms with Crippen LogP contribution in [0.1, 0.15) is 18.5 Å². The summed E-state index contributed by atoms with van der Waals surface area (Å²) < 4.78 is 5.22. The monoisotopic (exact) mass is 320 g/mol. The van der Waals surface area contributed by atoms with Gasteiger partial charge in [-0.1, -0.05) is 41.4 Å². The second-order valence-electron chi connectivity index (χ2n) is 4.48. The highest BCUT2D eigenvalue weighted by atomic mass is 35.5. The fourth-order valence-corrected chi connectivity index (χ4v) is 2.41. The minimum atomic E-state index is 0.0346. The minimum Gasteiger partial charge on any atom is -0.479 e. The summed E-state index contributed by atoms with van der Waals surface area (Å²) >= 11 is 12.3. The van der Waals surface area contributed by atoms with Gasteiger partial charge in [-0.3, -0.25) is 0 Å². The maximum absolute atomic E-state index is 8.48. The van der Waals surface area contributed by atoms with Crippen molar-refractivity contribution >= 4 is 28.9 Å². The highest BCUT2D eigenvalue weighted by Crippen LogP contribution is 2.33. The molecule has 0 radical (unpaired) electrons. The van der Waals surface area contributed by atoms with Crippen molar-refractivity contribution in [2.24, 2.45) is 0 Å². The third-order valence-electron chi connectivity index (χ3n) is 3.01. The van der Waals surface area contributed by atoms with Crippen molar-refractivity contribution in [1.29, 1.82) is 5.26 Å². The molecule has 0 aliphatic carbocycles. The fraction of sp³-hybridized carbons (Fsp3) is 0.188. The van der Waals surface area contributed by atoms with E-state index in [4.69, 9.17) is 33.2 Å². The van der Waals surface area contributed by atoms with Crippen molar-refractivity contribution in [2.75, 3.05) is 11.9 Å². The number of ether oxygens (including phenoxy) is 1. The van der Waals surface area contributed by atoms with E-state index in [1.165, 1.54) is 0 Å². The molecule has 0 aliphatic rings. The largest absolute Gasteiger partial charge is 0.479 e. The Morgan fingerprint density at radius 3 is 2.33 bits per heavy atom. The maximum atomic E-state index is 8.48. The first-order chi connectivity index (χ1) is 10.1. The first-order valence-corrected chi connectivity index (χ1v) is 7.17. The molecule has 0 amide bonds. The Labute approximate surface area is 134 Å². The standard InChI is InChI=1S/C16H14Cl2N2O/c1-11(20-16-14(17)3-2-4-15(16)18)12-5-7-13(8-6-12)21-10-9-19/h2-8,11,20H,10H2,1H3.